The summed E-state index contributed by atoms with van der Waals surface area (Å²) in [6.07, 6.45) is 0.0504. The van der Waals surface area contributed by atoms with Gasteiger partial charge in [-0.05, 0) is 43.5 Å². The number of methoxy groups -OCH3 is 1. The van der Waals surface area contributed by atoms with Crippen molar-refractivity contribution in [2.75, 3.05) is 7.11 Å². The molecule has 2 aromatic rings. The number of hydrogen-bond acceptors (Lipinski definition) is 2. The molecule has 0 heterocycles. The van der Waals surface area contributed by atoms with Crippen LogP contribution in [0.3, 0.4) is 0 Å². The minimum absolute atomic E-state index is 0.549. The quantitative estimate of drug-likeness (QED) is 0.913. The molecule has 0 aliphatic heterocycles. The fourth-order valence-corrected chi connectivity index (χ4v) is 2.70. The van der Waals surface area contributed by atoms with Crippen LogP contribution in [0.2, 0.25) is 0 Å². The van der Waals surface area contributed by atoms with E-state index in [1.807, 2.05) is 32.0 Å². The fourth-order valence-electron chi connectivity index (χ4n) is 2.70. The van der Waals surface area contributed by atoms with E-state index in [0.29, 0.717) is 6.42 Å². The van der Waals surface area contributed by atoms with E-state index in [-0.39, 0.29) is 0 Å². The lowest BCUT2D eigenvalue weighted by molar-refractivity contribution is 0.173. The Bertz CT molecular complexity index is 602. The van der Waals surface area contributed by atoms with E-state index in [0.717, 1.165) is 28.0 Å². The van der Waals surface area contributed by atoms with Crippen molar-refractivity contribution in [1.82, 2.24) is 0 Å². The summed E-state index contributed by atoms with van der Waals surface area (Å²) in [4.78, 5) is 0. The van der Waals surface area contributed by atoms with Crippen molar-refractivity contribution in [1.29, 1.82) is 0 Å². The molecule has 0 saturated carbocycles. The highest BCUT2D eigenvalue weighted by molar-refractivity contribution is 5.45. The lowest BCUT2D eigenvalue weighted by atomic mass is 9.95. The van der Waals surface area contributed by atoms with Crippen molar-refractivity contribution < 1.29 is 9.84 Å². The summed E-state index contributed by atoms with van der Waals surface area (Å²) >= 11 is 0. The van der Waals surface area contributed by atoms with Gasteiger partial charge in [0, 0.05) is 12.0 Å². The molecule has 2 rings (SSSR count). The Balaban J connectivity index is 2.31. The summed E-state index contributed by atoms with van der Waals surface area (Å²) in [5.41, 5.74) is 5.45. The van der Waals surface area contributed by atoms with Crippen molar-refractivity contribution in [2.45, 2.75) is 33.3 Å². The molecule has 1 unspecified atom stereocenters. The first kappa shape index (κ1) is 14.6. The molecule has 20 heavy (non-hydrogen) atoms. The van der Waals surface area contributed by atoms with Crippen molar-refractivity contribution in [3.8, 4) is 5.75 Å². The molecule has 0 radical (unpaired) electrons. The average Bonchev–Trinajstić information content (AvgIpc) is 2.37. The SMILES string of the molecule is COc1cc(C)cc(C)c1C(O)Cc1cccc(C)c1. The maximum absolute atomic E-state index is 10.6. The monoisotopic (exact) mass is 270 g/mol. The van der Waals surface area contributed by atoms with Crippen LogP contribution in [0, 0.1) is 20.8 Å². The summed E-state index contributed by atoms with van der Waals surface area (Å²) in [6, 6.07) is 12.3. The minimum atomic E-state index is -0.549. The van der Waals surface area contributed by atoms with E-state index >= 15 is 0 Å². The maximum Gasteiger partial charge on any atom is 0.125 e. The molecule has 1 N–H and O–H groups in total. The number of aliphatic hydroxyl groups excluding tert-OH is 1. The smallest absolute Gasteiger partial charge is 0.125 e. The molecule has 1 atom stereocenters. The number of aliphatic hydroxyl groups is 1. The van der Waals surface area contributed by atoms with Crippen LogP contribution in [-0.4, -0.2) is 12.2 Å². The van der Waals surface area contributed by atoms with Gasteiger partial charge in [0.25, 0.3) is 0 Å². The van der Waals surface area contributed by atoms with Gasteiger partial charge in [0.2, 0.25) is 0 Å². The highest BCUT2D eigenvalue weighted by atomic mass is 16.5. The summed E-state index contributed by atoms with van der Waals surface area (Å²) in [5.74, 6) is 0.766. The predicted molar refractivity (Wildman–Crippen MR) is 82.3 cm³/mol. The van der Waals surface area contributed by atoms with Gasteiger partial charge in [-0.2, -0.15) is 0 Å². The summed E-state index contributed by atoms with van der Waals surface area (Å²) in [6.45, 7) is 6.12. The van der Waals surface area contributed by atoms with E-state index in [1.165, 1.54) is 5.56 Å². The van der Waals surface area contributed by atoms with Crippen LogP contribution in [0.1, 0.15) is 33.9 Å². The number of aryl methyl sites for hydroxylation is 3. The third-order valence-corrected chi connectivity index (χ3v) is 3.56. The second kappa shape index (κ2) is 6.10. The average molecular weight is 270 g/mol. The van der Waals surface area contributed by atoms with Gasteiger partial charge in [0.1, 0.15) is 5.75 Å². The van der Waals surface area contributed by atoms with Gasteiger partial charge in [-0.3, -0.25) is 0 Å². The van der Waals surface area contributed by atoms with Crippen molar-refractivity contribution in [3.05, 3.63) is 64.2 Å². The number of rotatable bonds is 4. The molecule has 0 saturated heterocycles. The topological polar surface area (TPSA) is 29.5 Å². The number of hydrogen-bond donors (Lipinski definition) is 1. The first-order valence-corrected chi connectivity index (χ1v) is 6.90. The zero-order chi connectivity index (χ0) is 14.7. The Morgan fingerprint density at radius 3 is 2.45 bits per heavy atom. The molecule has 2 nitrogen and oxygen atoms in total. The molecule has 2 heteroatoms. The van der Waals surface area contributed by atoms with Crippen LogP contribution in [0.4, 0.5) is 0 Å². The fraction of sp³-hybridized carbons (Fsp3) is 0.333. The van der Waals surface area contributed by atoms with E-state index in [1.54, 1.807) is 7.11 Å². The van der Waals surface area contributed by atoms with Crippen LogP contribution < -0.4 is 4.74 Å². The van der Waals surface area contributed by atoms with Crippen molar-refractivity contribution in [2.24, 2.45) is 0 Å². The van der Waals surface area contributed by atoms with Crippen molar-refractivity contribution >= 4 is 0 Å². The molecule has 0 spiro atoms. The first-order chi connectivity index (χ1) is 9.51. The van der Waals surface area contributed by atoms with Crippen LogP contribution in [-0.2, 0) is 6.42 Å². The molecule has 106 valence electrons. The summed E-state index contributed by atoms with van der Waals surface area (Å²) in [7, 11) is 1.65. The second-order valence-electron chi connectivity index (χ2n) is 5.41. The number of ether oxygens (including phenoxy) is 1. The molecule has 0 aromatic heterocycles. The van der Waals surface area contributed by atoms with Gasteiger partial charge in [0.05, 0.1) is 13.2 Å². The van der Waals surface area contributed by atoms with E-state index in [9.17, 15) is 5.11 Å². The highest BCUT2D eigenvalue weighted by Crippen LogP contribution is 2.32. The lowest BCUT2D eigenvalue weighted by Gasteiger charge is -2.18. The standard InChI is InChI=1S/C18H22O2/c1-12-6-5-7-15(9-12)11-16(19)18-14(3)8-13(2)10-17(18)20-4/h5-10,16,19H,11H2,1-4H3. The first-order valence-electron chi connectivity index (χ1n) is 6.90. The maximum atomic E-state index is 10.6. The van der Waals surface area contributed by atoms with Gasteiger partial charge < -0.3 is 9.84 Å². The molecule has 0 fully saturated rings. The molecular formula is C18H22O2. The zero-order valence-electron chi connectivity index (χ0n) is 12.6. The molecule has 0 amide bonds. The number of benzene rings is 2. The minimum Gasteiger partial charge on any atom is -0.496 e. The summed E-state index contributed by atoms with van der Waals surface area (Å²) < 4.78 is 5.43. The van der Waals surface area contributed by atoms with Crippen LogP contribution in [0.15, 0.2) is 36.4 Å². The van der Waals surface area contributed by atoms with Crippen LogP contribution in [0.5, 0.6) is 5.75 Å². The Morgan fingerprint density at radius 1 is 1.05 bits per heavy atom. The second-order valence-corrected chi connectivity index (χ2v) is 5.41. The lowest BCUT2D eigenvalue weighted by Crippen LogP contribution is -2.07. The molecular weight excluding hydrogens is 248 g/mol. The van der Waals surface area contributed by atoms with Crippen LogP contribution in [0.25, 0.3) is 0 Å². The van der Waals surface area contributed by atoms with Gasteiger partial charge >= 0.3 is 0 Å². The largest absolute Gasteiger partial charge is 0.496 e. The van der Waals surface area contributed by atoms with E-state index in [2.05, 4.69) is 25.1 Å². The van der Waals surface area contributed by atoms with Gasteiger partial charge in [-0.15, -0.1) is 0 Å². The Labute approximate surface area is 121 Å². The third kappa shape index (κ3) is 3.20. The van der Waals surface area contributed by atoms with Gasteiger partial charge in [-0.1, -0.05) is 35.9 Å². The predicted octanol–water partition coefficient (Wildman–Crippen LogP) is 3.90. The van der Waals surface area contributed by atoms with Gasteiger partial charge in [0.15, 0.2) is 0 Å². The third-order valence-electron chi connectivity index (χ3n) is 3.56. The zero-order valence-corrected chi connectivity index (χ0v) is 12.6. The molecule has 2 aromatic carbocycles. The normalized spacial score (nSPS) is 12.2. The molecule has 0 aliphatic rings. The Morgan fingerprint density at radius 2 is 1.80 bits per heavy atom. The van der Waals surface area contributed by atoms with Gasteiger partial charge in [-0.25, -0.2) is 0 Å². The van der Waals surface area contributed by atoms with Crippen molar-refractivity contribution in [3.63, 3.8) is 0 Å². The van der Waals surface area contributed by atoms with E-state index in [4.69, 9.17) is 4.74 Å². The molecule has 0 bridgehead atoms. The van der Waals surface area contributed by atoms with Crippen LogP contribution >= 0.6 is 0 Å². The molecule has 0 aliphatic carbocycles. The Kier molecular flexibility index (Phi) is 4.46. The highest BCUT2D eigenvalue weighted by Gasteiger charge is 2.17. The summed E-state index contributed by atoms with van der Waals surface area (Å²) in [5, 5.41) is 10.6. The Hall–Kier alpha value is -1.80. The van der Waals surface area contributed by atoms with E-state index < -0.39 is 6.10 Å².